The Bertz CT molecular complexity index is 1410. The molecule has 7 nitrogen and oxygen atoms in total. The van der Waals surface area contributed by atoms with Crippen LogP contribution in [0.1, 0.15) is 40.2 Å². The molecule has 0 spiro atoms. The summed E-state index contributed by atoms with van der Waals surface area (Å²) >= 11 is 1.48. The molecule has 1 fully saturated rings. The first-order valence-corrected chi connectivity index (χ1v) is 11.9. The van der Waals surface area contributed by atoms with Crippen LogP contribution in [0, 0.1) is 13.8 Å². The summed E-state index contributed by atoms with van der Waals surface area (Å²) in [4.78, 5) is 37.4. The van der Waals surface area contributed by atoms with Gasteiger partial charge in [-0.05, 0) is 43.9 Å². The summed E-state index contributed by atoms with van der Waals surface area (Å²) in [5.41, 5.74) is 3.05. The number of nitrogens with zero attached hydrogens (tertiary/aromatic N) is 4. The number of thiophene rings is 1. The Hall–Kier alpha value is -3.52. The van der Waals surface area contributed by atoms with Crippen LogP contribution in [0.25, 0.3) is 21.9 Å². The van der Waals surface area contributed by atoms with E-state index < -0.39 is 0 Å². The summed E-state index contributed by atoms with van der Waals surface area (Å²) in [6, 6.07) is 10.1. The second-order valence-electron chi connectivity index (χ2n) is 8.39. The molecule has 0 bridgehead atoms. The summed E-state index contributed by atoms with van der Waals surface area (Å²) in [7, 11) is 0. The van der Waals surface area contributed by atoms with Crippen LogP contribution < -0.4 is 5.56 Å². The normalized spacial score (nSPS) is 14.4. The number of hydrogen-bond donors (Lipinski definition) is 1. The van der Waals surface area contributed by atoms with Crippen LogP contribution >= 0.6 is 11.3 Å². The van der Waals surface area contributed by atoms with Crippen LogP contribution in [0.15, 0.2) is 47.5 Å². The third kappa shape index (κ3) is 4.26. The molecule has 4 aromatic rings. The highest BCUT2D eigenvalue weighted by molar-refractivity contribution is 7.18. The number of carbonyl (C=O) groups is 1. The number of likely N-dealkylation sites (tertiary alicyclic amines) is 1. The van der Waals surface area contributed by atoms with E-state index in [1.165, 1.54) is 11.3 Å². The van der Waals surface area contributed by atoms with Crippen molar-refractivity contribution < 1.29 is 4.79 Å². The predicted octanol–water partition coefficient (Wildman–Crippen LogP) is 4.01. The second-order valence-corrected chi connectivity index (χ2v) is 9.60. The number of aromatic nitrogens is 4. The Kier molecular flexibility index (Phi) is 5.68. The van der Waals surface area contributed by atoms with E-state index in [0.29, 0.717) is 41.2 Å². The molecular formula is C25H25N5O2S. The summed E-state index contributed by atoms with van der Waals surface area (Å²) in [6.07, 6.45) is 7.39. The number of nitrogens with one attached hydrogen (secondary N) is 1. The zero-order valence-electron chi connectivity index (χ0n) is 18.7. The number of carbonyl (C=O) groups excluding carboxylic acids is 1. The first kappa shape index (κ1) is 21.3. The average molecular weight is 460 g/mol. The molecule has 0 radical (unpaired) electrons. The first-order valence-electron chi connectivity index (χ1n) is 11.1. The fourth-order valence-corrected chi connectivity index (χ4v) is 5.21. The first-order chi connectivity index (χ1) is 16.0. The van der Waals surface area contributed by atoms with Gasteiger partial charge in [-0.2, -0.15) is 5.10 Å². The molecule has 5 rings (SSSR count). The summed E-state index contributed by atoms with van der Waals surface area (Å²) < 4.78 is 1.84. The minimum Gasteiger partial charge on any atom is -0.339 e. The van der Waals surface area contributed by atoms with Crippen LogP contribution in [-0.4, -0.2) is 43.6 Å². The number of fused-ring (bicyclic) bond motifs is 1. The largest absolute Gasteiger partial charge is 0.339 e. The van der Waals surface area contributed by atoms with Crippen LogP contribution in [0.3, 0.4) is 0 Å². The van der Waals surface area contributed by atoms with E-state index in [1.54, 1.807) is 12.3 Å². The van der Waals surface area contributed by atoms with Gasteiger partial charge in [0.25, 0.3) is 11.5 Å². The van der Waals surface area contributed by atoms with Crippen molar-refractivity contribution in [1.29, 1.82) is 0 Å². The molecule has 1 aromatic carbocycles. The summed E-state index contributed by atoms with van der Waals surface area (Å²) in [5.74, 6) is 0.192. The van der Waals surface area contributed by atoms with Gasteiger partial charge in [-0.25, -0.2) is 4.98 Å². The third-order valence-electron chi connectivity index (χ3n) is 6.07. The van der Waals surface area contributed by atoms with E-state index >= 15 is 0 Å². The topological polar surface area (TPSA) is 83.9 Å². The van der Waals surface area contributed by atoms with Crippen molar-refractivity contribution in [3.8, 4) is 0 Å². The number of rotatable bonds is 5. The highest BCUT2D eigenvalue weighted by Crippen LogP contribution is 2.28. The van der Waals surface area contributed by atoms with E-state index in [0.717, 1.165) is 34.4 Å². The quantitative estimate of drug-likeness (QED) is 0.457. The molecule has 1 N–H and O–H groups in total. The molecular weight excluding hydrogens is 434 g/mol. The van der Waals surface area contributed by atoms with Gasteiger partial charge in [0.2, 0.25) is 0 Å². The summed E-state index contributed by atoms with van der Waals surface area (Å²) in [6.45, 7) is 5.98. The Balaban J connectivity index is 1.55. The lowest BCUT2D eigenvalue weighted by Crippen LogP contribution is -2.29. The van der Waals surface area contributed by atoms with Crippen molar-refractivity contribution in [3.63, 3.8) is 0 Å². The molecule has 0 aliphatic carbocycles. The predicted molar refractivity (Wildman–Crippen MR) is 131 cm³/mol. The molecule has 0 atom stereocenters. The van der Waals surface area contributed by atoms with Gasteiger partial charge in [0, 0.05) is 29.7 Å². The number of amides is 1. The molecule has 1 aliphatic rings. The van der Waals surface area contributed by atoms with Gasteiger partial charge in [-0.3, -0.25) is 14.3 Å². The second kappa shape index (κ2) is 8.78. The van der Waals surface area contributed by atoms with Gasteiger partial charge in [0.15, 0.2) is 0 Å². The van der Waals surface area contributed by atoms with Crippen molar-refractivity contribution in [2.75, 3.05) is 13.1 Å². The maximum Gasteiger partial charge on any atom is 0.260 e. The average Bonchev–Trinajstić information content (AvgIpc) is 3.54. The van der Waals surface area contributed by atoms with Crippen molar-refractivity contribution in [2.45, 2.75) is 33.2 Å². The smallest absolute Gasteiger partial charge is 0.260 e. The molecule has 33 heavy (non-hydrogen) atoms. The standard InChI is InChI=1S/C25H25N5O2S/c1-16-17(2)33-24-21(16)23(31)27-22(28-24)20(25(32)29-10-6-7-11-29)12-19-13-26-30(15-19)14-18-8-4-3-5-9-18/h3-5,8-9,12-13,15H,6-7,10-11,14H2,1-2H3,(H,27,28,31)/b20-12-. The highest BCUT2D eigenvalue weighted by atomic mass is 32.1. The Morgan fingerprint density at radius 2 is 1.94 bits per heavy atom. The van der Waals surface area contributed by atoms with Gasteiger partial charge < -0.3 is 9.88 Å². The molecule has 3 aromatic heterocycles. The van der Waals surface area contributed by atoms with Gasteiger partial charge >= 0.3 is 0 Å². The van der Waals surface area contributed by atoms with E-state index in [2.05, 4.69) is 22.2 Å². The van der Waals surface area contributed by atoms with Gasteiger partial charge in [-0.1, -0.05) is 30.3 Å². The van der Waals surface area contributed by atoms with Crippen LogP contribution in [-0.2, 0) is 11.3 Å². The van der Waals surface area contributed by atoms with Crippen molar-refractivity contribution in [2.24, 2.45) is 0 Å². The molecule has 4 heterocycles. The fraction of sp³-hybridized carbons (Fsp3) is 0.280. The fourth-order valence-electron chi connectivity index (χ4n) is 4.18. The third-order valence-corrected chi connectivity index (χ3v) is 7.17. The molecule has 8 heteroatoms. The number of aromatic amines is 1. The van der Waals surface area contributed by atoms with E-state index in [-0.39, 0.29) is 11.5 Å². The zero-order chi connectivity index (χ0) is 22.9. The molecule has 1 amide bonds. The lowest BCUT2D eigenvalue weighted by atomic mass is 10.1. The Morgan fingerprint density at radius 1 is 1.18 bits per heavy atom. The monoisotopic (exact) mass is 459 g/mol. The van der Waals surface area contributed by atoms with Gasteiger partial charge in [-0.15, -0.1) is 11.3 Å². The zero-order valence-corrected chi connectivity index (χ0v) is 19.5. The highest BCUT2D eigenvalue weighted by Gasteiger charge is 2.25. The number of hydrogen-bond acceptors (Lipinski definition) is 5. The van der Waals surface area contributed by atoms with Crippen molar-refractivity contribution in [3.05, 3.63) is 80.5 Å². The van der Waals surface area contributed by atoms with Crippen molar-refractivity contribution >= 4 is 39.1 Å². The number of aryl methyl sites for hydroxylation is 2. The maximum atomic E-state index is 13.4. The maximum absolute atomic E-state index is 13.4. The lowest BCUT2D eigenvalue weighted by molar-refractivity contribution is -0.123. The van der Waals surface area contributed by atoms with Crippen LogP contribution in [0.4, 0.5) is 0 Å². The molecule has 1 saturated heterocycles. The van der Waals surface area contributed by atoms with Crippen LogP contribution in [0.2, 0.25) is 0 Å². The molecule has 1 aliphatic heterocycles. The van der Waals surface area contributed by atoms with Gasteiger partial charge in [0.1, 0.15) is 10.7 Å². The summed E-state index contributed by atoms with van der Waals surface area (Å²) in [5, 5.41) is 5.06. The van der Waals surface area contributed by atoms with Gasteiger partial charge in [0.05, 0.1) is 23.7 Å². The van der Waals surface area contributed by atoms with E-state index in [4.69, 9.17) is 4.98 Å². The molecule has 0 saturated carbocycles. The Labute approximate surface area is 195 Å². The minimum absolute atomic E-state index is 0.115. The lowest BCUT2D eigenvalue weighted by Gasteiger charge is -2.17. The van der Waals surface area contributed by atoms with Crippen molar-refractivity contribution in [1.82, 2.24) is 24.6 Å². The molecule has 0 unspecified atom stereocenters. The van der Waals surface area contributed by atoms with E-state index in [1.807, 2.05) is 47.8 Å². The SMILES string of the molecule is Cc1sc2nc(/C(=C/c3cnn(Cc4ccccc4)c3)C(=O)N3CCCC3)[nH]c(=O)c2c1C. The Morgan fingerprint density at radius 3 is 2.70 bits per heavy atom. The number of H-pyrrole nitrogens is 1. The number of benzene rings is 1. The minimum atomic E-state index is -0.211. The van der Waals surface area contributed by atoms with Crippen LogP contribution in [0.5, 0.6) is 0 Å². The molecule has 168 valence electrons. The van der Waals surface area contributed by atoms with E-state index in [9.17, 15) is 9.59 Å².